The first-order valence-corrected chi connectivity index (χ1v) is 5.86. The fourth-order valence-electron chi connectivity index (χ4n) is 2.62. The Morgan fingerprint density at radius 1 is 1.12 bits per heavy atom. The van der Waals surface area contributed by atoms with E-state index in [9.17, 15) is 4.79 Å². The van der Waals surface area contributed by atoms with Gasteiger partial charge in [0, 0.05) is 5.56 Å². The van der Waals surface area contributed by atoms with Crippen molar-refractivity contribution in [1.82, 2.24) is 0 Å². The molecule has 1 saturated carbocycles. The van der Waals surface area contributed by atoms with Crippen LogP contribution in [0, 0.1) is 5.92 Å². The van der Waals surface area contributed by atoms with Gasteiger partial charge in [-0.25, -0.2) is 0 Å². The van der Waals surface area contributed by atoms with Gasteiger partial charge in [0.05, 0.1) is 5.92 Å². The number of esters is 1. The maximum Gasteiger partial charge on any atom is 0.318 e. The van der Waals surface area contributed by atoms with Crippen LogP contribution < -0.4 is 0 Å². The van der Waals surface area contributed by atoms with Gasteiger partial charge in [0.25, 0.3) is 0 Å². The second kappa shape index (κ2) is 3.78. The topological polar surface area (TPSA) is 26.3 Å². The third-order valence-electron chi connectivity index (χ3n) is 3.42. The van der Waals surface area contributed by atoms with Crippen LogP contribution in [0.5, 0.6) is 0 Å². The minimum Gasteiger partial charge on any atom is -0.425 e. The van der Waals surface area contributed by atoms with Gasteiger partial charge in [-0.15, -0.1) is 0 Å². The van der Waals surface area contributed by atoms with Gasteiger partial charge in [-0.2, -0.15) is 0 Å². The summed E-state index contributed by atoms with van der Waals surface area (Å²) in [6, 6.07) is 9.95. The predicted octanol–water partition coefficient (Wildman–Crippen LogP) is 3.14. The van der Waals surface area contributed by atoms with Crippen molar-refractivity contribution in [2.45, 2.75) is 25.7 Å². The Morgan fingerprint density at radius 3 is 2.75 bits per heavy atom. The lowest BCUT2D eigenvalue weighted by atomic mass is 9.84. The van der Waals surface area contributed by atoms with Crippen molar-refractivity contribution >= 4 is 11.7 Å². The smallest absolute Gasteiger partial charge is 0.318 e. The highest BCUT2D eigenvalue weighted by Crippen LogP contribution is 2.41. The standard InChI is InChI=1S/C14H14O2/c15-14-12-9-5-4-8-11(12)13(16-14)10-6-2-1-3-7-10/h1-3,6-7,12H,4-5,8-9H2/t12-/m1/s1. The van der Waals surface area contributed by atoms with Gasteiger partial charge in [0.2, 0.25) is 0 Å². The average molecular weight is 214 g/mol. The Balaban J connectivity index is 2.03. The van der Waals surface area contributed by atoms with Crippen molar-refractivity contribution in [1.29, 1.82) is 0 Å². The highest BCUT2D eigenvalue weighted by atomic mass is 16.5. The van der Waals surface area contributed by atoms with Gasteiger partial charge in [-0.3, -0.25) is 4.79 Å². The second-order valence-corrected chi connectivity index (χ2v) is 4.44. The zero-order valence-electron chi connectivity index (χ0n) is 9.11. The first kappa shape index (κ1) is 9.64. The summed E-state index contributed by atoms with van der Waals surface area (Å²) in [6.45, 7) is 0. The SMILES string of the molecule is O=C1OC(c2ccccc2)=C2CCCC[C@@H]12. The van der Waals surface area contributed by atoms with Gasteiger partial charge in [-0.1, -0.05) is 36.8 Å². The zero-order valence-corrected chi connectivity index (χ0v) is 9.11. The normalized spacial score (nSPS) is 24.2. The molecule has 1 atom stereocenters. The molecule has 16 heavy (non-hydrogen) atoms. The van der Waals surface area contributed by atoms with Crippen molar-refractivity contribution in [2.75, 3.05) is 0 Å². The van der Waals surface area contributed by atoms with Crippen LogP contribution in [0.2, 0.25) is 0 Å². The summed E-state index contributed by atoms with van der Waals surface area (Å²) >= 11 is 0. The summed E-state index contributed by atoms with van der Waals surface area (Å²) < 4.78 is 5.44. The molecular weight excluding hydrogens is 200 g/mol. The van der Waals surface area contributed by atoms with E-state index in [1.165, 1.54) is 12.0 Å². The van der Waals surface area contributed by atoms with Crippen LogP contribution in [-0.4, -0.2) is 5.97 Å². The number of hydrogen-bond donors (Lipinski definition) is 0. The van der Waals surface area contributed by atoms with Gasteiger partial charge >= 0.3 is 5.97 Å². The average Bonchev–Trinajstić information content (AvgIpc) is 2.69. The molecule has 0 unspecified atom stereocenters. The van der Waals surface area contributed by atoms with Crippen LogP contribution in [-0.2, 0) is 9.53 Å². The summed E-state index contributed by atoms with van der Waals surface area (Å²) in [4.78, 5) is 11.7. The molecule has 1 aromatic rings. The Morgan fingerprint density at radius 2 is 1.94 bits per heavy atom. The van der Waals surface area contributed by atoms with E-state index in [1.54, 1.807) is 0 Å². The number of fused-ring (bicyclic) bond motifs is 1. The largest absolute Gasteiger partial charge is 0.425 e. The molecule has 2 heteroatoms. The number of rotatable bonds is 1. The number of carbonyl (C=O) groups excluding carboxylic acids is 1. The minimum atomic E-state index is -0.0476. The molecule has 2 aliphatic rings. The zero-order chi connectivity index (χ0) is 11.0. The van der Waals surface area contributed by atoms with Crippen molar-refractivity contribution in [3.8, 4) is 0 Å². The molecule has 1 aliphatic carbocycles. The van der Waals surface area contributed by atoms with Crippen molar-refractivity contribution in [3.05, 3.63) is 41.5 Å². The Kier molecular flexibility index (Phi) is 2.28. The summed E-state index contributed by atoms with van der Waals surface area (Å²) in [5, 5.41) is 0. The van der Waals surface area contributed by atoms with E-state index in [4.69, 9.17) is 4.74 Å². The molecule has 1 fully saturated rings. The molecule has 3 rings (SSSR count). The van der Waals surface area contributed by atoms with Crippen LogP contribution in [0.15, 0.2) is 35.9 Å². The molecule has 0 aromatic heterocycles. The van der Waals surface area contributed by atoms with Crippen molar-refractivity contribution in [3.63, 3.8) is 0 Å². The molecule has 1 aromatic carbocycles. The minimum absolute atomic E-state index is 0.0453. The molecule has 0 saturated heterocycles. The van der Waals surface area contributed by atoms with Crippen molar-refractivity contribution in [2.24, 2.45) is 5.92 Å². The lowest BCUT2D eigenvalue weighted by Crippen LogP contribution is -2.14. The van der Waals surface area contributed by atoms with E-state index in [0.29, 0.717) is 0 Å². The summed E-state index contributed by atoms with van der Waals surface area (Å²) in [5.74, 6) is 0.827. The fraction of sp³-hybridized carbons (Fsp3) is 0.357. The first-order chi connectivity index (χ1) is 7.86. The number of hydrogen-bond acceptors (Lipinski definition) is 2. The Bertz CT molecular complexity index is 445. The number of carbonyl (C=O) groups is 1. The van der Waals surface area contributed by atoms with Crippen LogP contribution in [0.3, 0.4) is 0 Å². The molecule has 1 aliphatic heterocycles. The fourth-order valence-corrected chi connectivity index (χ4v) is 2.62. The number of benzene rings is 1. The third-order valence-corrected chi connectivity index (χ3v) is 3.42. The molecule has 0 bridgehead atoms. The van der Waals surface area contributed by atoms with E-state index in [1.807, 2.05) is 30.3 Å². The van der Waals surface area contributed by atoms with Crippen LogP contribution in [0.4, 0.5) is 0 Å². The van der Waals surface area contributed by atoms with Gasteiger partial charge in [0.15, 0.2) is 0 Å². The maximum atomic E-state index is 11.7. The first-order valence-electron chi connectivity index (χ1n) is 5.86. The molecule has 82 valence electrons. The summed E-state index contributed by atoms with van der Waals surface area (Å²) in [5.41, 5.74) is 2.26. The molecule has 0 amide bonds. The molecular formula is C14H14O2. The second-order valence-electron chi connectivity index (χ2n) is 4.44. The number of cyclic esters (lactones) is 1. The molecule has 1 heterocycles. The van der Waals surface area contributed by atoms with Crippen LogP contribution >= 0.6 is 0 Å². The van der Waals surface area contributed by atoms with E-state index in [-0.39, 0.29) is 11.9 Å². The van der Waals surface area contributed by atoms with E-state index >= 15 is 0 Å². The van der Waals surface area contributed by atoms with Gasteiger partial charge in [0.1, 0.15) is 5.76 Å². The highest BCUT2D eigenvalue weighted by molar-refractivity contribution is 5.90. The summed E-state index contributed by atoms with van der Waals surface area (Å²) in [7, 11) is 0. The van der Waals surface area contributed by atoms with Crippen LogP contribution in [0.25, 0.3) is 5.76 Å². The molecule has 0 radical (unpaired) electrons. The van der Waals surface area contributed by atoms with E-state index in [2.05, 4.69) is 0 Å². The maximum absolute atomic E-state index is 11.7. The Hall–Kier alpha value is -1.57. The van der Waals surface area contributed by atoms with Crippen molar-refractivity contribution < 1.29 is 9.53 Å². The lowest BCUT2D eigenvalue weighted by Gasteiger charge is -2.16. The monoisotopic (exact) mass is 214 g/mol. The molecule has 0 N–H and O–H groups in total. The quantitative estimate of drug-likeness (QED) is 0.671. The van der Waals surface area contributed by atoms with Gasteiger partial charge < -0.3 is 4.74 Å². The predicted molar refractivity (Wildman–Crippen MR) is 61.4 cm³/mol. The third kappa shape index (κ3) is 1.45. The number of ether oxygens (including phenoxy) is 1. The van der Waals surface area contributed by atoms with Crippen LogP contribution in [0.1, 0.15) is 31.2 Å². The lowest BCUT2D eigenvalue weighted by molar-refractivity contribution is -0.138. The molecule has 2 nitrogen and oxygen atoms in total. The molecule has 0 spiro atoms. The Labute approximate surface area is 94.9 Å². The van der Waals surface area contributed by atoms with E-state index < -0.39 is 0 Å². The summed E-state index contributed by atoms with van der Waals surface area (Å²) in [6.07, 6.45) is 4.30. The van der Waals surface area contributed by atoms with E-state index in [0.717, 1.165) is 30.6 Å². The highest BCUT2D eigenvalue weighted by Gasteiger charge is 2.37. The van der Waals surface area contributed by atoms with Gasteiger partial charge in [-0.05, 0) is 24.8 Å².